The highest BCUT2D eigenvalue weighted by Gasteiger charge is 2.31. The van der Waals surface area contributed by atoms with Crippen molar-refractivity contribution in [1.82, 2.24) is 10.2 Å². The van der Waals surface area contributed by atoms with Crippen molar-refractivity contribution in [3.63, 3.8) is 0 Å². The van der Waals surface area contributed by atoms with E-state index in [1.165, 1.54) is 24.3 Å². The van der Waals surface area contributed by atoms with Gasteiger partial charge in [-0.15, -0.1) is 0 Å². The first-order valence-electron chi connectivity index (χ1n) is 10.2. The third kappa shape index (κ3) is 6.51. The predicted molar refractivity (Wildman–Crippen MR) is 109 cm³/mol. The van der Waals surface area contributed by atoms with Crippen molar-refractivity contribution in [2.75, 3.05) is 32.8 Å². The molecule has 1 N–H and O–H groups in total. The normalized spacial score (nSPS) is 17.2. The second-order valence-electron chi connectivity index (χ2n) is 7.74. The third-order valence-corrected chi connectivity index (χ3v) is 5.53. The maximum Gasteiger partial charge on any atom is 0.416 e. The number of nitrogens with one attached hydrogen (secondary N) is 1. The zero-order chi connectivity index (χ0) is 22.4. The van der Waals surface area contributed by atoms with E-state index in [9.17, 15) is 22.4 Å². The molecule has 0 aromatic heterocycles. The van der Waals surface area contributed by atoms with Crippen LogP contribution >= 0.6 is 0 Å². The molecular formula is C23H26F4N2O2. The topological polar surface area (TPSA) is 41.6 Å². The van der Waals surface area contributed by atoms with Crippen molar-refractivity contribution in [3.8, 4) is 0 Å². The largest absolute Gasteiger partial charge is 0.416 e. The van der Waals surface area contributed by atoms with E-state index < -0.39 is 11.7 Å². The zero-order valence-electron chi connectivity index (χ0n) is 17.3. The fourth-order valence-electron chi connectivity index (χ4n) is 3.71. The molecular weight excluding hydrogens is 412 g/mol. The molecule has 0 saturated carbocycles. The number of hydrogen-bond acceptors (Lipinski definition) is 3. The summed E-state index contributed by atoms with van der Waals surface area (Å²) in [6.45, 7) is 4.50. The molecule has 1 aliphatic rings. The van der Waals surface area contributed by atoms with Crippen LogP contribution in [-0.2, 0) is 15.7 Å². The number of amides is 1. The van der Waals surface area contributed by atoms with Gasteiger partial charge in [0, 0.05) is 26.1 Å². The minimum Gasteiger partial charge on any atom is -0.379 e. The molecule has 4 nitrogen and oxygen atoms in total. The molecule has 168 valence electrons. The first kappa shape index (κ1) is 23.2. The Kier molecular flexibility index (Phi) is 7.67. The van der Waals surface area contributed by atoms with E-state index in [4.69, 9.17) is 4.74 Å². The summed E-state index contributed by atoms with van der Waals surface area (Å²) in [6, 6.07) is 10.9. The molecule has 0 aliphatic carbocycles. The highest BCUT2D eigenvalue weighted by atomic mass is 19.4. The van der Waals surface area contributed by atoms with E-state index in [2.05, 4.69) is 10.2 Å². The molecule has 0 bridgehead atoms. The number of morpholine rings is 1. The molecule has 3 rings (SSSR count). The Morgan fingerprint density at radius 2 is 1.61 bits per heavy atom. The maximum absolute atomic E-state index is 13.1. The summed E-state index contributed by atoms with van der Waals surface area (Å²) in [7, 11) is 0. The van der Waals surface area contributed by atoms with Crippen LogP contribution in [0.4, 0.5) is 17.6 Å². The fourth-order valence-corrected chi connectivity index (χ4v) is 3.71. The number of rotatable bonds is 7. The van der Waals surface area contributed by atoms with Crippen LogP contribution in [0.1, 0.15) is 42.0 Å². The van der Waals surface area contributed by atoms with Crippen LogP contribution in [-0.4, -0.2) is 43.7 Å². The highest BCUT2D eigenvalue weighted by Crippen LogP contribution is 2.31. The van der Waals surface area contributed by atoms with Gasteiger partial charge in [-0.05, 0) is 41.3 Å². The Hall–Kier alpha value is -2.45. The molecule has 8 heteroatoms. The van der Waals surface area contributed by atoms with Crippen molar-refractivity contribution in [3.05, 3.63) is 71.0 Å². The van der Waals surface area contributed by atoms with E-state index in [1.807, 2.05) is 6.92 Å². The Bertz CT molecular complexity index is 847. The predicted octanol–water partition coefficient (Wildman–Crippen LogP) is 4.53. The summed E-state index contributed by atoms with van der Waals surface area (Å²) in [5.41, 5.74) is 0.875. The number of carbonyl (C=O) groups is 1. The van der Waals surface area contributed by atoms with E-state index in [-0.39, 0.29) is 36.6 Å². The summed E-state index contributed by atoms with van der Waals surface area (Å²) in [4.78, 5) is 14.6. The van der Waals surface area contributed by atoms with Gasteiger partial charge in [-0.1, -0.05) is 31.2 Å². The SMILES string of the molecule is CC(CC(=O)NCC(c1ccc(C(F)(F)F)cc1)N1CCOCC1)c1ccc(F)cc1. The van der Waals surface area contributed by atoms with Gasteiger partial charge in [0.1, 0.15) is 5.82 Å². The Morgan fingerprint density at radius 1 is 1.03 bits per heavy atom. The maximum atomic E-state index is 13.1. The van der Waals surface area contributed by atoms with Gasteiger partial charge in [-0.25, -0.2) is 4.39 Å². The molecule has 1 aliphatic heterocycles. The number of benzene rings is 2. The van der Waals surface area contributed by atoms with Gasteiger partial charge in [-0.3, -0.25) is 9.69 Å². The van der Waals surface area contributed by atoms with Crippen LogP contribution in [0.3, 0.4) is 0 Å². The summed E-state index contributed by atoms with van der Waals surface area (Å²) in [5.74, 6) is -0.583. The zero-order valence-corrected chi connectivity index (χ0v) is 17.3. The van der Waals surface area contributed by atoms with Crippen LogP contribution in [0.5, 0.6) is 0 Å². The lowest BCUT2D eigenvalue weighted by Gasteiger charge is -2.35. The van der Waals surface area contributed by atoms with Gasteiger partial charge in [0.15, 0.2) is 0 Å². The third-order valence-electron chi connectivity index (χ3n) is 5.53. The van der Waals surface area contributed by atoms with Crippen LogP contribution < -0.4 is 5.32 Å². The molecule has 0 radical (unpaired) electrons. The first-order valence-corrected chi connectivity index (χ1v) is 10.2. The fraction of sp³-hybridized carbons (Fsp3) is 0.435. The van der Waals surface area contributed by atoms with E-state index in [1.54, 1.807) is 12.1 Å². The van der Waals surface area contributed by atoms with Crippen molar-refractivity contribution < 1.29 is 27.1 Å². The molecule has 0 spiro atoms. The van der Waals surface area contributed by atoms with Crippen molar-refractivity contribution >= 4 is 5.91 Å². The van der Waals surface area contributed by atoms with Gasteiger partial charge >= 0.3 is 6.18 Å². The van der Waals surface area contributed by atoms with Gasteiger partial charge in [0.25, 0.3) is 0 Å². The lowest BCUT2D eigenvalue weighted by atomic mass is 9.97. The van der Waals surface area contributed by atoms with Gasteiger partial charge in [0.05, 0.1) is 24.8 Å². The van der Waals surface area contributed by atoms with E-state index in [0.717, 1.165) is 17.7 Å². The number of nitrogens with zero attached hydrogens (tertiary/aromatic N) is 1. The molecule has 2 aromatic rings. The minimum atomic E-state index is -4.39. The number of carbonyl (C=O) groups excluding carboxylic acids is 1. The second-order valence-corrected chi connectivity index (χ2v) is 7.74. The van der Waals surface area contributed by atoms with Crippen LogP contribution in [0.15, 0.2) is 48.5 Å². The molecule has 2 unspecified atom stereocenters. The lowest BCUT2D eigenvalue weighted by molar-refractivity contribution is -0.137. The van der Waals surface area contributed by atoms with E-state index in [0.29, 0.717) is 31.9 Å². The van der Waals surface area contributed by atoms with Crippen molar-refractivity contribution in [2.45, 2.75) is 31.5 Å². The number of alkyl halides is 3. The molecule has 1 heterocycles. The second kappa shape index (κ2) is 10.2. The smallest absolute Gasteiger partial charge is 0.379 e. The minimum absolute atomic E-state index is 0.0893. The Labute approximate surface area is 179 Å². The van der Waals surface area contributed by atoms with Crippen LogP contribution in [0, 0.1) is 5.82 Å². The molecule has 31 heavy (non-hydrogen) atoms. The van der Waals surface area contributed by atoms with Crippen LogP contribution in [0.25, 0.3) is 0 Å². The molecule has 2 atom stereocenters. The molecule has 2 aromatic carbocycles. The van der Waals surface area contributed by atoms with Crippen molar-refractivity contribution in [1.29, 1.82) is 0 Å². The monoisotopic (exact) mass is 438 g/mol. The lowest BCUT2D eigenvalue weighted by Crippen LogP contribution is -2.44. The summed E-state index contributed by atoms with van der Waals surface area (Å²) in [6.07, 6.45) is -4.16. The number of hydrogen-bond donors (Lipinski definition) is 1. The average Bonchev–Trinajstić information content (AvgIpc) is 2.75. The van der Waals surface area contributed by atoms with Crippen LogP contribution in [0.2, 0.25) is 0 Å². The summed E-state index contributed by atoms with van der Waals surface area (Å²) < 4.78 is 57.2. The Morgan fingerprint density at radius 3 is 2.19 bits per heavy atom. The number of ether oxygens (including phenoxy) is 1. The van der Waals surface area contributed by atoms with Gasteiger partial charge < -0.3 is 10.1 Å². The summed E-state index contributed by atoms with van der Waals surface area (Å²) >= 11 is 0. The van der Waals surface area contributed by atoms with E-state index >= 15 is 0 Å². The Balaban J connectivity index is 1.65. The van der Waals surface area contributed by atoms with Gasteiger partial charge in [0.2, 0.25) is 5.91 Å². The molecule has 1 amide bonds. The average molecular weight is 438 g/mol. The van der Waals surface area contributed by atoms with Crippen molar-refractivity contribution in [2.24, 2.45) is 0 Å². The first-order chi connectivity index (χ1) is 14.7. The number of halogens is 4. The van der Waals surface area contributed by atoms with Gasteiger partial charge in [-0.2, -0.15) is 13.2 Å². The summed E-state index contributed by atoms with van der Waals surface area (Å²) in [5, 5.41) is 2.92. The molecule has 1 saturated heterocycles. The highest BCUT2D eigenvalue weighted by molar-refractivity contribution is 5.76. The standard InChI is InChI=1S/C23H26F4N2O2/c1-16(17-4-8-20(24)9-5-17)14-22(30)28-15-21(29-10-12-31-13-11-29)18-2-6-19(7-3-18)23(25,26)27/h2-9,16,21H,10-15H2,1H3,(H,28,30). The quantitative estimate of drug-likeness (QED) is 0.646. The molecule has 1 fully saturated rings.